The van der Waals surface area contributed by atoms with E-state index in [0.29, 0.717) is 22.5 Å². The lowest BCUT2D eigenvalue weighted by Crippen LogP contribution is -2.16. The van der Waals surface area contributed by atoms with Crippen molar-refractivity contribution in [3.8, 4) is 0 Å². The van der Waals surface area contributed by atoms with E-state index in [1.807, 2.05) is 50.2 Å². The van der Waals surface area contributed by atoms with E-state index in [4.69, 9.17) is 0 Å². The molecule has 0 aliphatic carbocycles. The summed E-state index contributed by atoms with van der Waals surface area (Å²) in [5.74, 6) is -0.226. The third-order valence-electron chi connectivity index (χ3n) is 4.07. The molecule has 3 rings (SSSR count). The maximum Gasteiger partial charge on any atom is 0.257 e. The summed E-state index contributed by atoms with van der Waals surface area (Å²) in [6.07, 6.45) is -0.652. The lowest BCUT2D eigenvalue weighted by molar-refractivity contribution is 0.102. The first kappa shape index (κ1) is 16.1. The first-order valence-corrected chi connectivity index (χ1v) is 7.92. The van der Waals surface area contributed by atoms with Crippen LogP contribution in [0.15, 0.2) is 48.5 Å². The summed E-state index contributed by atoms with van der Waals surface area (Å²) in [5, 5.41) is 13.7. The number of fused-ring (bicyclic) bond motifs is 1. The summed E-state index contributed by atoms with van der Waals surface area (Å²) in [6, 6.07) is 15.1. The minimum atomic E-state index is -0.652. The number of carbonyl (C=O) groups excluding carboxylic acids is 1. The molecule has 0 aliphatic rings. The fraction of sp³-hybridized carbons (Fsp3) is 0.200. The van der Waals surface area contributed by atoms with Gasteiger partial charge in [-0.3, -0.25) is 9.78 Å². The highest BCUT2D eigenvalue weighted by atomic mass is 16.3. The van der Waals surface area contributed by atoms with Crippen LogP contribution in [-0.4, -0.2) is 16.0 Å². The van der Waals surface area contributed by atoms with Crippen molar-refractivity contribution in [2.75, 3.05) is 5.32 Å². The van der Waals surface area contributed by atoms with Crippen molar-refractivity contribution in [3.05, 3.63) is 70.9 Å². The fourth-order valence-corrected chi connectivity index (χ4v) is 2.77. The van der Waals surface area contributed by atoms with Crippen molar-refractivity contribution >= 4 is 22.5 Å². The second kappa shape index (κ2) is 6.42. The zero-order chi connectivity index (χ0) is 17.3. The molecule has 0 saturated carbocycles. The summed E-state index contributed by atoms with van der Waals surface area (Å²) in [4.78, 5) is 17.2. The van der Waals surface area contributed by atoms with E-state index in [-0.39, 0.29) is 5.91 Å². The molecule has 0 radical (unpaired) electrons. The Bertz CT molecular complexity index is 917. The average Bonchev–Trinajstić information content (AvgIpc) is 2.54. The van der Waals surface area contributed by atoms with E-state index in [0.717, 1.165) is 16.5 Å². The van der Waals surface area contributed by atoms with Crippen molar-refractivity contribution in [2.24, 2.45) is 0 Å². The summed E-state index contributed by atoms with van der Waals surface area (Å²) < 4.78 is 0. The van der Waals surface area contributed by atoms with Gasteiger partial charge in [0.25, 0.3) is 5.91 Å². The number of hydrogen-bond acceptors (Lipinski definition) is 3. The number of nitrogens with zero attached hydrogens (tertiary/aromatic N) is 1. The van der Waals surface area contributed by atoms with Gasteiger partial charge in [0.05, 0.1) is 22.9 Å². The number of aliphatic hydroxyl groups is 1. The molecule has 1 atom stereocenters. The van der Waals surface area contributed by atoms with Crippen LogP contribution in [0, 0.1) is 13.8 Å². The molecule has 0 spiro atoms. The highest BCUT2D eigenvalue weighted by Gasteiger charge is 2.15. The van der Waals surface area contributed by atoms with Crippen molar-refractivity contribution < 1.29 is 9.90 Å². The predicted molar refractivity (Wildman–Crippen MR) is 96.2 cm³/mol. The number of aromatic nitrogens is 1. The van der Waals surface area contributed by atoms with Crippen LogP contribution >= 0.6 is 0 Å². The zero-order valence-corrected chi connectivity index (χ0v) is 14.0. The topological polar surface area (TPSA) is 62.2 Å². The number of aliphatic hydroxyl groups excluding tert-OH is 1. The third kappa shape index (κ3) is 3.14. The maximum atomic E-state index is 12.7. The number of anilines is 1. The second-order valence-corrected chi connectivity index (χ2v) is 6.03. The number of hydrogen-bond donors (Lipinski definition) is 2. The monoisotopic (exact) mass is 320 g/mol. The molecule has 0 bridgehead atoms. The summed E-state index contributed by atoms with van der Waals surface area (Å²) in [7, 11) is 0. The third-order valence-corrected chi connectivity index (χ3v) is 4.07. The van der Waals surface area contributed by atoms with Crippen molar-refractivity contribution in [2.45, 2.75) is 26.9 Å². The molecule has 1 unspecified atom stereocenters. The summed E-state index contributed by atoms with van der Waals surface area (Å²) >= 11 is 0. The van der Waals surface area contributed by atoms with Crippen LogP contribution in [0.2, 0.25) is 0 Å². The standard InChI is InChI=1S/C20H20N2O2/c1-12-8-9-15-11-17(13(2)21-19(15)10-12)20(24)22-18-7-5-4-6-16(18)14(3)23/h4-11,14,23H,1-3H3,(H,22,24). The van der Waals surface area contributed by atoms with Crippen LogP contribution in [0.25, 0.3) is 10.9 Å². The highest BCUT2D eigenvalue weighted by Crippen LogP contribution is 2.24. The number of nitrogens with one attached hydrogen (secondary N) is 1. The lowest BCUT2D eigenvalue weighted by Gasteiger charge is -2.14. The molecule has 4 heteroatoms. The Balaban J connectivity index is 1.97. The molecule has 4 nitrogen and oxygen atoms in total. The number of para-hydroxylation sites is 1. The van der Waals surface area contributed by atoms with Gasteiger partial charge in [0.15, 0.2) is 0 Å². The molecule has 122 valence electrons. The molecule has 2 aromatic carbocycles. The Labute approximate surface area is 141 Å². The second-order valence-electron chi connectivity index (χ2n) is 6.03. The molecule has 0 aliphatic heterocycles. The molecule has 0 fully saturated rings. The minimum absolute atomic E-state index is 0.226. The number of amides is 1. The molecule has 2 N–H and O–H groups in total. The molecule has 1 heterocycles. The molecule has 3 aromatic rings. The molecule has 1 aromatic heterocycles. The van der Waals surface area contributed by atoms with Crippen LogP contribution < -0.4 is 5.32 Å². The number of benzene rings is 2. The van der Waals surface area contributed by atoms with Gasteiger partial charge in [0.1, 0.15) is 0 Å². The Hall–Kier alpha value is -2.72. The molecule has 1 amide bonds. The number of pyridine rings is 1. The van der Waals surface area contributed by atoms with E-state index in [2.05, 4.69) is 10.3 Å². The molecular weight excluding hydrogens is 300 g/mol. The number of carbonyl (C=O) groups is 1. The van der Waals surface area contributed by atoms with E-state index < -0.39 is 6.10 Å². The van der Waals surface area contributed by atoms with Gasteiger partial charge in [-0.15, -0.1) is 0 Å². The Morgan fingerprint density at radius 3 is 2.62 bits per heavy atom. The lowest BCUT2D eigenvalue weighted by atomic mass is 10.1. The van der Waals surface area contributed by atoms with Crippen LogP contribution in [-0.2, 0) is 0 Å². The quantitative estimate of drug-likeness (QED) is 0.762. The van der Waals surface area contributed by atoms with Gasteiger partial charge >= 0.3 is 0 Å². The van der Waals surface area contributed by atoms with Crippen LogP contribution in [0.5, 0.6) is 0 Å². The maximum absolute atomic E-state index is 12.7. The van der Waals surface area contributed by atoms with Gasteiger partial charge in [-0.2, -0.15) is 0 Å². The predicted octanol–water partition coefficient (Wildman–Crippen LogP) is 4.16. The molecule has 24 heavy (non-hydrogen) atoms. The average molecular weight is 320 g/mol. The van der Waals surface area contributed by atoms with Crippen molar-refractivity contribution in [3.63, 3.8) is 0 Å². The van der Waals surface area contributed by atoms with Gasteiger partial charge in [0, 0.05) is 16.6 Å². The molecule has 0 saturated heterocycles. The highest BCUT2D eigenvalue weighted by molar-refractivity contribution is 6.07. The van der Waals surface area contributed by atoms with Gasteiger partial charge < -0.3 is 10.4 Å². The van der Waals surface area contributed by atoms with Gasteiger partial charge in [-0.25, -0.2) is 0 Å². The van der Waals surface area contributed by atoms with Crippen molar-refractivity contribution in [1.82, 2.24) is 4.98 Å². The van der Waals surface area contributed by atoms with Gasteiger partial charge in [-0.1, -0.05) is 30.3 Å². The van der Waals surface area contributed by atoms with Crippen LogP contribution in [0.1, 0.15) is 40.2 Å². The minimum Gasteiger partial charge on any atom is -0.389 e. The zero-order valence-electron chi connectivity index (χ0n) is 14.0. The Morgan fingerprint density at radius 2 is 1.88 bits per heavy atom. The van der Waals surface area contributed by atoms with E-state index in [1.54, 1.807) is 19.1 Å². The van der Waals surface area contributed by atoms with Gasteiger partial charge in [0.2, 0.25) is 0 Å². The Morgan fingerprint density at radius 1 is 1.12 bits per heavy atom. The fourth-order valence-electron chi connectivity index (χ4n) is 2.77. The summed E-state index contributed by atoms with van der Waals surface area (Å²) in [6.45, 7) is 5.53. The van der Waals surface area contributed by atoms with E-state index in [1.165, 1.54) is 0 Å². The van der Waals surface area contributed by atoms with Crippen LogP contribution in [0.4, 0.5) is 5.69 Å². The van der Waals surface area contributed by atoms with E-state index >= 15 is 0 Å². The molecular formula is C20H20N2O2. The number of aryl methyl sites for hydroxylation is 2. The normalized spacial score (nSPS) is 12.2. The first-order chi connectivity index (χ1) is 11.5. The van der Waals surface area contributed by atoms with Gasteiger partial charge in [-0.05, 0) is 44.5 Å². The van der Waals surface area contributed by atoms with Crippen molar-refractivity contribution in [1.29, 1.82) is 0 Å². The van der Waals surface area contributed by atoms with Crippen LogP contribution in [0.3, 0.4) is 0 Å². The Kier molecular flexibility index (Phi) is 4.32. The number of rotatable bonds is 3. The largest absolute Gasteiger partial charge is 0.389 e. The smallest absolute Gasteiger partial charge is 0.257 e. The SMILES string of the molecule is Cc1ccc2cc(C(=O)Nc3ccccc3C(C)O)c(C)nc2c1. The summed E-state index contributed by atoms with van der Waals surface area (Å²) in [5.41, 5.74) is 4.53. The first-order valence-electron chi connectivity index (χ1n) is 7.92. The van der Waals surface area contributed by atoms with E-state index in [9.17, 15) is 9.90 Å².